The molecular weight excluding hydrogens is 281 g/mol. The molecule has 3 rings (SSSR count). The number of aromatic amines is 1. The van der Waals surface area contributed by atoms with Crippen molar-refractivity contribution in [3.63, 3.8) is 0 Å². The van der Waals surface area contributed by atoms with E-state index in [0.29, 0.717) is 16.0 Å². The standard InChI is InChI=1S/C14H11Cl2N3/c1-8-2-5-12-13(6-8)19-14(18-12)17-9-3-4-10(15)11(16)7-9/h2-7H,1H3,(H2,17,18,19). The highest BCUT2D eigenvalue weighted by molar-refractivity contribution is 6.42. The van der Waals surface area contributed by atoms with Crippen molar-refractivity contribution in [1.29, 1.82) is 0 Å². The lowest BCUT2D eigenvalue weighted by Gasteiger charge is -2.03. The topological polar surface area (TPSA) is 40.7 Å². The molecule has 0 radical (unpaired) electrons. The van der Waals surface area contributed by atoms with E-state index < -0.39 is 0 Å². The fraction of sp³-hybridized carbons (Fsp3) is 0.0714. The summed E-state index contributed by atoms with van der Waals surface area (Å²) in [7, 11) is 0. The van der Waals surface area contributed by atoms with Crippen molar-refractivity contribution in [3.05, 3.63) is 52.0 Å². The van der Waals surface area contributed by atoms with E-state index in [2.05, 4.69) is 21.4 Å². The van der Waals surface area contributed by atoms with Gasteiger partial charge in [0.05, 0.1) is 21.1 Å². The molecule has 0 saturated carbocycles. The number of aromatic nitrogens is 2. The Kier molecular flexibility index (Phi) is 3.09. The maximum absolute atomic E-state index is 5.98. The van der Waals surface area contributed by atoms with Crippen molar-refractivity contribution < 1.29 is 0 Å². The first kappa shape index (κ1) is 12.3. The van der Waals surface area contributed by atoms with Gasteiger partial charge in [0.25, 0.3) is 0 Å². The molecule has 0 saturated heterocycles. The molecule has 0 aliphatic rings. The van der Waals surface area contributed by atoms with Crippen LogP contribution in [0.3, 0.4) is 0 Å². The first-order chi connectivity index (χ1) is 9.11. The number of hydrogen-bond donors (Lipinski definition) is 2. The zero-order valence-electron chi connectivity index (χ0n) is 10.2. The lowest BCUT2D eigenvalue weighted by atomic mass is 10.2. The molecular formula is C14H11Cl2N3. The third kappa shape index (κ3) is 2.53. The number of imidazole rings is 1. The van der Waals surface area contributed by atoms with Gasteiger partial charge >= 0.3 is 0 Å². The lowest BCUT2D eigenvalue weighted by Crippen LogP contribution is -1.91. The zero-order valence-corrected chi connectivity index (χ0v) is 11.7. The number of aryl methyl sites for hydroxylation is 1. The van der Waals surface area contributed by atoms with Gasteiger partial charge in [0.15, 0.2) is 0 Å². The summed E-state index contributed by atoms with van der Waals surface area (Å²) >= 11 is 11.9. The largest absolute Gasteiger partial charge is 0.326 e. The summed E-state index contributed by atoms with van der Waals surface area (Å²) in [5.74, 6) is 0.680. The van der Waals surface area contributed by atoms with Gasteiger partial charge in [-0.25, -0.2) is 4.98 Å². The second kappa shape index (κ2) is 4.76. The predicted octanol–water partition coefficient (Wildman–Crippen LogP) is 4.92. The number of rotatable bonds is 2. The summed E-state index contributed by atoms with van der Waals surface area (Å²) in [6, 6.07) is 11.4. The van der Waals surface area contributed by atoms with Gasteiger partial charge in [-0.15, -0.1) is 0 Å². The van der Waals surface area contributed by atoms with Crippen molar-refractivity contribution >= 4 is 45.9 Å². The highest BCUT2D eigenvalue weighted by Gasteiger charge is 2.04. The number of nitrogens with one attached hydrogen (secondary N) is 2. The number of hydrogen-bond acceptors (Lipinski definition) is 2. The van der Waals surface area contributed by atoms with Crippen LogP contribution in [0.25, 0.3) is 11.0 Å². The summed E-state index contributed by atoms with van der Waals surface area (Å²) in [6.45, 7) is 2.05. The van der Waals surface area contributed by atoms with Crippen LogP contribution in [0.15, 0.2) is 36.4 Å². The number of nitrogens with zero attached hydrogens (tertiary/aromatic N) is 1. The van der Waals surface area contributed by atoms with E-state index in [1.165, 1.54) is 5.56 Å². The van der Waals surface area contributed by atoms with Crippen LogP contribution in [0.1, 0.15) is 5.56 Å². The first-order valence-electron chi connectivity index (χ1n) is 5.80. The SMILES string of the molecule is Cc1ccc2nc(Nc3ccc(Cl)c(Cl)c3)[nH]c2c1. The number of H-pyrrole nitrogens is 1. The van der Waals surface area contributed by atoms with Crippen LogP contribution in [0.2, 0.25) is 10.0 Å². The number of halogens is 2. The minimum absolute atomic E-state index is 0.513. The molecule has 0 aliphatic heterocycles. The van der Waals surface area contributed by atoms with Crippen molar-refractivity contribution in [2.45, 2.75) is 6.92 Å². The molecule has 2 N–H and O–H groups in total. The summed E-state index contributed by atoms with van der Waals surface area (Å²) in [4.78, 5) is 7.68. The first-order valence-corrected chi connectivity index (χ1v) is 6.56. The van der Waals surface area contributed by atoms with E-state index in [0.717, 1.165) is 16.7 Å². The molecule has 1 aromatic heterocycles. The van der Waals surface area contributed by atoms with Crippen LogP contribution in [0.4, 0.5) is 11.6 Å². The number of fused-ring (bicyclic) bond motifs is 1. The maximum atomic E-state index is 5.98. The second-order valence-electron chi connectivity index (χ2n) is 4.36. The maximum Gasteiger partial charge on any atom is 0.205 e. The van der Waals surface area contributed by atoms with E-state index in [4.69, 9.17) is 23.2 Å². The van der Waals surface area contributed by atoms with Crippen LogP contribution < -0.4 is 5.32 Å². The lowest BCUT2D eigenvalue weighted by molar-refractivity contribution is 1.31. The van der Waals surface area contributed by atoms with Crippen LogP contribution in [0.5, 0.6) is 0 Å². The van der Waals surface area contributed by atoms with Gasteiger partial charge in [0, 0.05) is 5.69 Å². The Balaban J connectivity index is 1.94. The van der Waals surface area contributed by atoms with E-state index in [-0.39, 0.29) is 0 Å². The summed E-state index contributed by atoms with van der Waals surface area (Å²) < 4.78 is 0. The monoisotopic (exact) mass is 291 g/mol. The van der Waals surface area contributed by atoms with Crippen molar-refractivity contribution in [1.82, 2.24) is 9.97 Å². The minimum Gasteiger partial charge on any atom is -0.326 e. The molecule has 3 aromatic rings. The average Bonchev–Trinajstić information content (AvgIpc) is 2.75. The summed E-state index contributed by atoms with van der Waals surface area (Å²) in [6.07, 6.45) is 0. The Morgan fingerprint density at radius 2 is 1.89 bits per heavy atom. The Labute approximate surface area is 120 Å². The third-order valence-electron chi connectivity index (χ3n) is 2.82. The highest BCUT2D eigenvalue weighted by atomic mass is 35.5. The fourth-order valence-electron chi connectivity index (χ4n) is 1.89. The van der Waals surface area contributed by atoms with Gasteiger partial charge < -0.3 is 10.3 Å². The smallest absolute Gasteiger partial charge is 0.205 e. The summed E-state index contributed by atoms with van der Waals surface area (Å²) in [5, 5.41) is 4.22. The molecule has 0 spiro atoms. The Morgan fingerprint density at radius 1 is 1.05 bits per heavy atom. The fourth-order valence-corrected chi connectivity index (χ4v) is 2.19. The molecule has 1 heterocycles. The normalized spacial score (nSPS) is 10.9. The van der Waals surface area contributed by atoms with Gasteiger partial charge in [0.1, 0.15) is 0 Å². The zero-order chi connectivity index (χ0) is 13.4. The van der Waals surface area contributed by atoms with Gasteiger partial charge in [0.2, 0.25) is 5.95 Å². The molecule has 0 atom stereocenters. The van der Waals surface area contributed by atoms with Gasteiger partial charge in [-0.1, -0.05) is 29.3 Å². The van der Waals surface area contributed by atoms with E-state index >= 15 is 0 Å². The van der Waals surface area contributed by atoms with Crippen LogP contribution >= 0.6 is 23.2 Å². The minimum atomic E-state index is 0.513. The molecule has 0 bridgehead atoms. The van der Waals surface area contributed by atoms with Crippen molar-refractivity contribution in [3.8, 4) is 0 Å². The Bertz CT molecular complexity index is 750. The molecule has 0 unspecified atom stereocenters. The molecule has 0 amide bonds. The van der Waals surface area contributed by atoms with Gasteiger partial charge in [-0.2, -0.15) is 0 Å². The van der Waals surface area contributed by atoms with Crippen molar-refractivity contribution in [2.24, 2.45) is 0 Å². The summed E-state index contributed by atoms with van der Waals surface area (Å²) in [5.41, 5.74) is 3.96. The van der Waals surface area contributed by atoms with Gasteiger partial charge in [-0.05, 0) is 42.8 Å². The van der Waals surface area contributed by atoms with Crippen LogP contribution in [0, 0.1) is 6.92 Å². The molecule has 2 aromatic carbocycles. The Hall–Kier alpha value is -1.71. The highest BCUT2D eigenvalue weighted by Crippen LogP contribution is 2.27. The Morgan fingerprint density at radius 3 is 2.68 bits per heavy atom. The quantitative estimate of drug-likeness (QED) is 0.703. The van der Waals surface area contributed by atoms with E-state index in [1.54, 1.807) is 12.1 Å². The van der Waals surface area contributed by atoms with Crippen LogP contribution in [-0.4, -0.2) is 9.97 Å². The number of anilines is 2. The molecule has 0 fully saturated rings. The average molecular weight is 292 g/mol. The van der Waals surface area contributed by atoms with E-state index in [9.17, 15) is 0 Å². The third-order valence-corrected chi connectivity index (χ3v) is 3.56. The van der Waals surface area contributed by atoms with Crippen molar-refractivity contribution in [2.75, 3.05) is 5.32 Å². The van der Waals surface area contributed by atoms with Gasteiger partial charge in [-0.3, -0.25) is 0 Å². The van der Waals surface area contributed by atoms with Crippen LogP contribution in [-0.2, 0) is 0 Å². The molecule has 96 valence electrons. The molecule has 3 nitrogen and oxygen atoms in total. The number of benzene rings is 2. The molecule has 5 heteroatoms. The predicted molar refractivity (Wildman–Crippen MR) is 80.6 cm³/mol. The second-order valence-corrected chi connectivity index (χ2v) is 5.17. The van der Waals surface area contributed by atoms with E-state index in [1.807, 2.05) is 25.1 Å². The molecule has 0 aliphatic carbocycles. The molecule has 19 heavy (non-hydrogen) atoms.